The summed E-state index contributed by atoms with van der Waals surface area (Å²) < 4.78 is 5.02. The lowest BCUT2D eigenvalue weighted by molar-refractivity contribution is 0.0690. The number of hydrogen-bond acceptors (Lipinski definition) is 4. The molecule has 0 aliphatic rings. The van der Waals surface area contributed by atoms with Gasteiger partial charge in [0.25, 0.3) is 0 Å². The number of oxazole rings is 1. The Balaban J connectivity index is 1.97. The van der Waals surface area contributed by atoms with E-state index in [-0.39, 0.29) is 5.69 Å². The number of carbonyl (C=O) groups is 1. The summed E-state index contributed by atoms with van der Waals surface area (Å²) in [5, 5.41) is 11.8. The van der Waals surface area contributed by atoms with E-state index in [9.17, 15) is 4.79 Å². The largest absolute Gasteiger partial charge is 0.476 e. The van der Waals surface area contributed by atoms with Gasteiger partial charge in [-0.3, -0.25) is 0 Å². The number of nitrogens with one attached hydrogen (secondary N) is 1. The molecule has 0 atom stereocenters. The topological polar surface area (TPSA) is 75.4 Å². The number of nitrogens with zero attached hydrogens (tertiary/aromatic N) is 1. The Morgan fingerprint density at radius 3 is 2.71 bits per heavy atom. The Hall–Kier alpha value is -2.30. The molecule has 0 saturated heterocycles. The first-order valence-electron chi connectivity index (χ1n) is 5.13. The molecule has 1 heterocycles. The van der Waals surface area contributed by atoms with Crippen molar-refractivity contribution in [1.29, 1.82) is 0 Å². The summed E-state index contributed by atoms with van der Waals surface area (Å²) in [6, 6.07) is 7.86. The van der Waals surface area contributed by atoms with E-state index in [0.717, 1.165) is 12.0 Å². The molecule has 1 aromatic carbocycles. The van der Waals surface area contributed by atoms with Crippen LogP contribution in [0.4, 0.5) is 5.69 Å². The number of carboxylic acid groups (broad SMARTS) is 1. The molecule has 2 aromatic rings. The third kappa shape index (κ3) is 2.84. The fourth-order valence-electron chi connectivity index (χ4n) is 1.34. The SMILES string of the molecule is Cc1ccc(NCc2nc(C(=O)O)co2)cc1. The van der Waals surface area contributed by atoms with Crippen LogP contribution in [0, 0.1) is 6.92 Å². The van der Waals surface area contributed by atoms with E-state index < -0.39 is 5.97 Å². The molecule has 0 amide bonds. The van der Waals surface area contributed by atoms with Crippen molar-refractivity contribution in [3.05, 3.63) is 47.7 Å². The van der Waals surface area contributed by atoms with Crippen molar-refractivity contribution in [2.75, 3.05) is 5.32 Å². The van der Waals surface area contributed by atoms with E-state index in [1.54, 1.807) is 0 Å². The number of aromatic carboxylic acids is 1. The number of benzene rings is 1. The summed E-state index contributed by atoms with van der Waals surface area (Å²) >= 11 is 0. The molecule has 17 heavy (non-hydrogen) atoms. The minimum atomic E-state index is -1.09. The van der Waals surface area contributed by atoms with Crippen LogP contribution in [-0.2, 0) is 6.54 Å². The maximum Gasteiger partial charge on any atom is 0.357 e. The van der Waals surface area contributed by atoms with E-state index >= 15 is 0 Å². The van der Waals surface area contributed by atoms with E-state index in [2.05, 4.69) is 10.3 Å². The first-order chi connectivity index (χ1) is 8.15. The zero-order valence-electron chi connectivity index (χ0n) is 9.30. The molecule has 2 rings (SSSR count). The highest BCUT2D eigenvalue weighted by molar-refractivity contribution is 5.84. The van der Waals surface area contributed by atoms with Gasteiger partial charge in [-0.15, -0.1) is 0 Å². The monoisotopic (exact) mass is 232 g/mol. The molecular weight excluding hydrogens is 220 g/mol. The molecule has 2 N–H and O–H groups in total. The molecule has 0 aliphatic heterocycles. The normalized spacial score (nSPS) is 10.2. The fourth-order valence-corrected chi connectivity index (χ4v) is 1.34. The van der Waals surface area contributed by atoms with Crippen LogP contribution in [0.2, 0.25) is 0 Å². The number of aryl methyl sites for hydroxylation is 1. The summed E-state index contributed by atoms with van der Waals surface area (Å²) in [4.78, 5) is 14.4. The molecule has 0 spiro atoms. The van der Waals surface area contributed by atoms with Gasteiger partial charge in [-0.1, -0.05) is 17.7 Å². The number of rotatable bonds is 4. The summed E-state index contributed by atoms with van der Waals surface area (Å²) in [6.45, 7) is 2.37. The lowest BCUT2D eigenvalue weighted by atomic mass is 10.2. The second-order valence-electron chi connectivity index (χ2n) is 3.65. The molecule has 0 aliphatic carbocycles. The number of hydrogen-bond donors (Lipinski definition) is 2. The minimum absolute atomic E-state index is 0.0780. The minimum Gasteiger partial charge on any atom is -0.476 e. The number of carboxylic acids is 1. The zero-order valence-corrected chi connectivity index (χ0v) is 9.30. The molecule has 5 nitrogen and oxygen atoms in total. The van der Waals surface area contributed by atoms with Crippen LogP contribution < -0.4 is 5.32 Å². The molecular formula is C12H12N2O3. The van der Waals surface area contributed by atoms with Crippen molar-refractivity contribution in [2.45, 2.75) is 13.5 Å². The Morgan fingerprint density at radius 1 is 1.41 bits per heavy atom. The lowest BCUT2D eigenvalue weighted by Crippen LogP contribution is -2.01. The first kappa shape index (κ1) is 11.2. The summed E-state index contributed by atoms with van der Waals surface area (Å²) in [5.41, 5.74) is 2.04. The van der Waals surface area contributed by atoms with E-state index in [1.165, 1.54) is 5.56 Å². The molecule has 0 unspecified atom stereocenters. The van der Waals surface area contributed by atoms with Gasteiger partial charge in [0, 0.05) is 5.69 Å². The highest BCUT2D eigenvalue weighted by Crippen LogP contribution is 2.10. The van der Waals surface area contributed by atoms with Gasteiger partial charge < -0.3 is 14.8 Å². The van der Waals surface area contributed by atoms with Crippen LogP contribution in [0.25, 0.3) is 0 Å². The average Bonchev–Trinajstić information content (AvgIpc) is 2.77. The van der Waals surface area contributed by atoms with Crippen molar-refractivity contribution in [2.24, 2.45) is 0 Å². The quantitative estimate of drug-likeness (QED) is 0.845. The van der Waals surface area contributed by atoms with E-state index in [1.807, 2.05) is 31.2 Å². The van der Waals surface area contributed by atoms with Crippen molar-refractivity contribution in [3.8, 4) is 0 Å². The van der Waals surface area contributed by atoms with E-state index in [4.69, 9.17) is 9.52 Å². The average molecular weight is 232 g/mol. The first-order valence-corrected chi connectivity index (χ1v) is 5.13. The van der Waals surface area contributed by atoms with Crippen molar-refractivity contribution >= 4 is 11.7 Å². The van der Waals surface area contributed by atoms with Crippen LogP contribution in [0.3, 0.4) is 0 Å². The van der Waals surface area contributed by atoms with Gasteiger partial charge in [0.2, 0.25) is 5.89 Å². The predicted octanol–water partition coefficient (Wildman–Crippen LogP) is 2.29. The second kappa shape index (κ2) is 4.69. The maximum atomic E-state index is 10.6. The van der Waals surface area contributed by atoms with Crippen LogP contribution in [0.1, 0.15) is 21.9 Å². The third-order valence-corrected chi connectivity index (χ3v) is 2.27. The van der Waals surface area contributed by atoms with Gasteiger partial charge in [0.15, 0.2) is 5.69 Å². The van der Waals surface area contributed by atoms with Crippen molar-refractivity contribution < 1.29 is 14.3 Å². The molecule has 0 saturated carbocycles. The van der Waals surface area contributed by atoms with Gasteiger partial charge in [-0.2, -0.15) is 0 Å². The van der Waals surface area contributed by atoms with Crippen molar-refractivity contribution in [3.63, 3.8) is 0 Å². The van der Waals surface area contributed by atoms with E-state index in [0.29, 0.717) is 12.4 Å². The molecule has 5 heteroatoms. The van der Waals surface area contributed by atoms with Crippen molar-refractivity contribution in [1.82, 2.24) is 4.98 Å². The van der Waals surface area contributed by atoms with Crippen LogP contribution in [-0.4, -0.2) is 16.1 Å². The Morgan fingerprint density at radius 2 is 2.12 bits per heavy atom. The maximum absolute atomic E-state index is 10.6. The summed E-state index contributed by atoms with van der Waals surface area (Å²) in [5.74, 6) is -0.738. The molecule has 1 aromatic heterocycles. The fraction of sp³-hybridized carbons (Fsp3) is 0.167. The molecule has 0 radical (unpaired) electrons. The smallest absolute Gasteiger partial charge is 0.357 e. The van der Waals surface area contributed by atoms with Crippen LogP contribution in [0.15, 0.2) is 34.9 Å². The Bertz CT molecular complexity index is 517. The number of aromatic nitrogens is 1. The molecule has 0 fully saturated rings. The third-order valence-electron chi connectivity index (χ3n) is 2.27. The number of anilines is 1. The Kier molecular flexibility index (Phi) is 3.09. The van der Waals surface area contributed by atoms with Crippen LogP contribution in [0.5, 0.6) is 0 Å². The van der Waals surface area contributed by atoms with Gasteiger partial charge in [0.1, 0.15) is 6.26 Å². The summed E-state index contributed by atoms with van der Waals surface area (Å²) in [7, 11) is 0. The second-order valence-corrected chi connectivity index (χ2v) is 3.65. The Labute approximate surface area is 98.1 Å². The van der Waals surface area contributed by atoms with Gasteiger partial charge >= 0.3 is 5.97 Å². The van der Waals surface area contributed by atoms with Gasteiger partial charge in [-0.05, 0) is 19.1 Å². The standard InChI is InChI=1S/C12H12N2O3/c1-8-2-4-9(5-3-8)13-6-11-14-10(7-17-11)12(15)16/h2-5,7,13H,6H2,1H3,(H,15,16). The highest BCUT2D eigenvalue weighted by Gasteiger charge is 2.09. The summed E-state index contributed by atoms with van der Waals surface area (Å²) in [6.07, 6.45) is 1.13. The van der Waals surface area contributed by atoms with Crippen LogP contribution >= 0.6 is 0 Å². The lowest BCUT2D eigenvalue weighted by Gasteiger charge is -2.03. The molecule has 88 valence electrons. The van der Waals surface area contributed by atoms with Gasteiger partial charge in [0.05, 0.1) is 6.54 Å². The molecule has 0 bridgehead atoms. The van der Waals surface area contributed by atoms with Gasteiger partial charge in [-0.25, -0.2) is 9.78 Å². The predicted molar refractivity (Wildman–Crippen MR) is 62.0 cm³/mol. The highest BCUT2D eigenvalue weighted by atomic mass is 16.4. The zero-order chi connectivity index (χ0) is 12.3.